The molecular formula is C17H17OS. The van der Waals surface area contributed by atoms with Crippen molar-refractivity contribution in [3.63, 3.8) is 0 Å². The number of benzene rings is 1. The minimum atomic E-state index is 0.240. The number of Topliss-reactive ketones (excluding diaryl/α,β-unsaturated/α-hetero) is 1. The molecule has 1 aliphatic carbocycles. The minimum Gasteiger partial charge on any atom is -0.299 e. The van der Waals surface area contributed by atoms with Gasteiger partial charge in [-0.05, 0) is 31.2 Å². The summed E-state index contributed by atoms with van der Waals surface area (Å²) in [6, 6.07) is 10.2. The van der Waals surface area contributed by atoms with Crippen molar-refractivity contribution in [3.05, 3.63) is 73.6 Å². The van der Waals surface area contributed by atoms with Gasteiger partial charge in [-0.3, -0.25) is 4.79 Å². The molecule has 0 bridgehead atoms. The Morgan fingerprint density at radius 3 is 2.58 bits per heavy atom. The second kappa shape index (κ2) is 8.21. The van der Waals surface area contributed by atoms with Crippen LogP contribution < -0.4 is 0 Å². The van der Waals surface area contributed by atoms with Gasteiger partial charge in [-0.15, -0.1) is 0 Å². The van der Waals surface area contributed by atoms with Crippen molar-refractivity contribution in [2.24, 2.45) is 0 Å². The molecule has 0 saturated heterocycles. The molecule has 1 nitrogen and oxygen atoms in total. The standard InChI is InChI=1S/C17H17OS/c18-17(16-10-4-5-11-16)12-14-19-13-6-9-15-7-2-1-3-8-15/h1-11H,12-14H2/b9-6+. The number of thioether (sulfide) groups is 1. The van der Waals surface area contributed by atoms with Crippen LogP contribution in [0.5, 0.6) is 0 Å². The van der Waals surface area contributed by atoms with E-state index in [4.69, 9.17) is 0 Å². The van der Waals surface area contributed by atoms with Crippen LogP contribution in [0.3, 0.4) is 0 Å². The molecule has 0 unspecified atom stereocenters. The molecule has 1 fully saturated rings. The molecule has 1 saturated carbocycles. The van der Waals surface area contributed by atoms with Crippen LogP contribution in [0.15, 0.2) is 36.4 Å². The van der Waals surface area contributed by atoms with Gasteiger partial charge in [0, 0.05) is 23.8 Å². The summed E-state index contributed by atoms with van der Waals surface area (Å²) in [6.07, 6.45) is 12.4. The molecule has 2 heteroatoms. The van der Waals surface area contributed by atoms with E-state index in [0.717, 1.165) is 17.4 Å². The molecule has 97 valence electrons. The molecular weight excluding hydrogens is 252 g/mol. The predicted octanol–water partition coefficient (Wildman–Crippen LogP) is 3.80. The zero-order valence-electron chi connectivity index (χ0n) is 10.8. The van der Waals surface area contributed by atoms with Gasteiger partial charge >= 0.3 is 0 Å². The van der Waals surface area contributed by atoms with E-state index in [2.05, 4.69) is 24.3 Å². The van der Waals surface area contributed by atoms with Gasteiger partial charge in [0.1, 0.15) is 5.78 Å². The maximum absolute atomic E-state index is 11.7. The fourth-order valence-corrected chi connectivity index (χ4v) is 2.50. The molecule has 0 amide bonds. The quantitative estimate of drug-likeness (QED) is 0.700. The van der Waals surface area contributed by atoms with Gasteiger partial charge in [-0.1, -0.05) is 42.5 Å². The highest BCUT2D eigenvalue weighted by Gasteiger charge is 2.23. The highest BCUT2D eigenvalue weighted by molar-refractivity contribution is 7.99. The van der Waals surface area contributed by atoms with E-state index >= 15 is 0 Å². The Kier molecular flexibility index (Phi) is 6.22. The number of hydrogen-bond acceptors (Lipinski definition) is 2. The average Bonchev–Trinajstić information content (AvgIpc) is 2.98. The lowest BCUT2D eigenvalue weighted by Crippen LogP contribution is -2.10. The molecule has 0 N–H and O–H groups in total. The van der Waals surface area contributed by atoms with Gasteiger partial charge < -0.3 is 0 Å². The van der Waals surface area contributed by atoms with Crippen molar-refractivity contribution >= 4 is 23.6 Å². The number of carbonyl (C=O) groups is 1. The molecule has 1 aromatic rings. The summed E-state index contributed by atoms with van der Waals surface area (Å²) in [5.41, 5.74) is 1.22. The summed E-state index contributed by atoms with van der Waals surface area (Å²) < 4.78 is 0. The van der Waals surface area contributed by atoms with Crippen molar-refractivity contribution in [1.29, 1.82) is 0 Å². The van der Waals surface area contributed by atoms with Gasteiger partial charge in [0.2, 0.25) is 0 Å². The van der Waals surface area contributed by atoms with Crippen LogP contribution in [0.4, 0.5) is 0 Å². The van der Waals surface area contributed by atoms with Crippen molar-refractivity contribution in [3.8, 4) is 0 Å². The molecule has 1 aliphatic rings. The first-order valence-electron chi connectivity index (χ1n) is 6.40. The Morgan fingerprint density at radius 2 is 1.84 bits per heavy atom. The normalized spacial score (nSPS) is 16.2. The maximum Gasteiger partial charge on any atom is 0.141 e. The molecule has 1 aromatic carbocycles. The summed E-state index contributed by atoms with van der Waals surface area (Å²) in [4.78, 5) is 11.7. The van der Waals surface area contributed by atoms with E-state index in [1.54, 1.807) is 11.8 Å². The third kappa shape index (κ3) is 5.23. The van der Waals surface area contributed by atoms with E-state index in [-0.39, 0.29) is 5.78 Å². The van der Waals surface area contributed by atoms with Crippen LogP contribution >= 0.6 is 11.8 Å². The first-order valence-corrected chi connectivity index (χ1v) is 7.56. The summed E-state index contributed by atoms with van der Waals surface area (Å²) in [6.45, 7) is 0. The van der Waals surface area contributed by atoms with E-state index in [0.29, 0.717) is 6.42 Å². The minimum absolute atomic E-state index is 0.240. The zero-order chi connectivity index (χ0) is 13.3. The second-order valence-corrected chi connectivity index (χ2v) is 5.38. The van der Waals surface area contributed by atoms with Gasteiger partial charge in [0.25, 0.3) is 0 Å². The van der Waals surface area contributed by atoms with Gasteiger partial charge in [0.15, 0.2) is 0 Å². The van der Waals surface area contributed by atoms with E-state index in [1.807, 2.05) is 43.9 Å². The van der Waals surface area contributed by atoms with Crippen LogP contribution in [0.2, 0.25) is 0 Å². The van der Waals surface area contributed by atoms with E-state index < -0.39 is 0 Å². The highest BCUT2D eigenvalue weighted by Crippen LogP contribution is 2.25. The lowest BCUT2D eigenvalue weighted by molar-refractivity contribution is -0.116. The van der Waals surface area contributed by atoms with Crippen LogP contribution in [-0.2, 0) is 4.79 Å². The lowest BCUT2D eigenvalue weighted by atomic mass is 10.0. The molecule has 0 aliphatic heterocycles. The third-order valence-corrected chi connectivity index (χ3v) is 3.70. The van der Waals surface area contributed by atoms with Crippen molar-refractivity contribution in [2.75, 3.05) is 11.5 Å². The number of ketones is 1. The van der Waals surface area contributed by atoms with Crippen LogP contribution in [-0.4, -0.2) is 17.3 Å². The van der Waals surface area contributed by atoms with Crippen LogP contribution in [0, 0.1) is 31.6 Å². The molecule has 0 atom stereocenters. The first kappa shape index (κ1) is 14.4. The summed E-state index contributed by atoms with van der Waals surface area (Å²) >= 11 is 1.79. The van der Waals surface area contributed by atoms with Crippen molar-refractivity contribution in [1.82, 2.24) is 0 Å². The largest absolute Gasteiger partial charge is 0.299 e. The number of carbonyl (C=O) groups excluding carboxylic acids is 1. The Balaban J connectivity index is 1.57. The van der Waals surface area contributed by atoms with Crippen molar-refractivity contribution in [2.45, 2.75) is 6.42 Å². The van der Waals surface area contributed by atoms with E-state index in [1.165, 1.54) is 5.56 Å². The Hall–Kier alpha value is -1.02. The van der Waals surface area contributed by atoms with Crippen molar-refractivity contribution < 1.29 is 4.79 Å². The average molecular weight is 269 g/mol. The van der Waals surface area contributed by atoms with E-state index in [9.17, 15) is 4.79 Å². The molecule has 0 aromatic heterocycles. The summed E-state index contributed by atoms with van der Waals surface area (Å²) in [5.74, 6) is 2.90. The summed E-state index contributed by atoms with van der Waals surface area (Å²) in [5, 5.41) is 0. The predicted molar refractivity (Wildman–Crippen MR) is 82.9 cm³/mol. The van der Waals surface area contributed by atoms with Crippen LogP contribution in [0.25, 0.3) is 6.08 Å². The lowest BCUT2D eigenvalue weighted by Gasteiger charge is -2.05. The third-order valence-electron chi connectivity index (χ3n) is 2.78. The second-order valence-electron chi connectivity index (χ2n) is 4.23. The number of hydrogen-bond donors (Lipinski definition) is 0. The maximum atomic E-state index is 11.7. The van der Waals surface area contributed by atoms with Gasteiger partial charge in [-0.25, -0.2) is 0 Å². The molecule has 2 rings (SSSR count). The zero-order valence-corrected chi connectivity index (χ0v) is 11.6. The van der Waals surface area contributed by atoms with Crippen LogP contribution in [0.1, 0.15) is 12.0 Å². The molecule has 19 heavy (non-hydrogen) atoms. The molecule has 5 radical (unpaired) electrons. The smallest absolute Gasteiger partial charge is 0.141 e. The fraction of sp³-hybridized carbons (Fsp3) is 0.176. The highest BCUT2D eigenvalue weighted by atomic mass is 32.2. The first-order chi connectivity index (χ1) is 9.36. The molecule has 0 spiro atoms. The fourth-order valence-electron chi connectivity index (χ4n) is 1.77. The van der Waals surface area contributed by atoms with Gasteiger partial charge in [0.05, 0.1) is 0 Å². The topological polar surface area (TPSA) is 17.1 Å². The summed E-state index contributed by atoms with van der Waals surface area (Å²) in [7, 11) is 0. The Labute approximate surface area is 120 Å². The Bertz CT molecular complexity index is 405. The SMILES string of the molecule is O=C(CCSC/C=C/c1ccccc1)[C]1[CH][CH][CH][CH]1. The number of rotatable bonds is 7. The monoisotopic (exact) mass is 269 g/mol. The Morgan fingerprint density at radius 1 is 1.11 bits per heavy atom. The molecule has 0 heterocycles. The van der Waals surface area contributed by atoms with Gasteiger partial charge in [-0.2, -0.15) is 11.8 Å².